The predicted molar refractivity (Wildman–Crippen MR) is 89.9 cm³/mol. The van der Waals surface area contributed by atoms with E-state index in [1.807, 2.05) is 0 Å². The molecule has 2 aliphatic rings. The van der Waals surface area contributed by atoms with Crippen LogP contribution < -0.4 is 5.32 Å². The summed E-state index contributed by atoms with van der Waals surface area (Å²) >= 11 is 1.64. The molecule has 0 radical (unpaired) electrons. The maximum absolute atomic E-state index is 12.2. The molecule has 0 aromatic heterocycles. The van der Waals surface area contributed by atoms with E-state index < -0.39 is 0 Å². The monoisotopic (exact) mass is 326 g/mol. The lowest BCUT2D eigenvalue weighted by atomic mass is 10.1. The van der Waals surface area contributed by atoms with Gasteiger partial charge in [0, 0.05) is 13.6 Å². The minimum atomic E-state index is -0.383. The number of hydrogen-bond donors (Lipinski definition) is 1. The second-order valence-corrected chi connectivity index (χ2v) is 6.95. The van der Waals surface area contributed by atoms with Crippen molar-refractivity contribution >= 4 is 28.9 Å². The molecule has 0 aliphatic carbocycles. The number of unbranched alkanes of at least 4 members (excludes halogenated alkanes) is 4. The number of fused-ring (bicyclic) bond motifs is 1. The van der Waals surface area contributed by atoms with Gasteiger partial charge in [-0.2, -0.15) is 0 Å². The van der Waals surface area contributed by atoms with Gasteiger partial charge in [0.2, 0.25) is 0 Å². The average Bonchev–Trinajstić information content (AvgIpc) is 2.84. The molecule has 0 spiro atoms. The lowest BCUT2D eigenvalue weighted by Gasteiger charge is -2.36. The van der Waals surface area contributed by atoms with Gasteiger partial charge in [0.15, 0.2) is 17.4 Å². The molecule has 0 bridgehead atoms. The summed E-state index contributed by atoms with van der Waals surface area (Å²) in [5.41, 5.74) is 0. The molecule has 1 fully saturated rings. The molecule has 1 saturated heterocycles. The summed E-state index contributed by atoms with van der Waals surface area (Å²) in [6, 6.07) is -0.733. The van der Waals surface area contributed by atoms with E-state index in [2.05, 4.69) is 29.1 Å². The number of amides is 3. The Kier molecular flexibility index (Phi) is 6.11. The summed E-state index contributed by atoms with van der Waals surface area (Å²) in [5, 5.41) is 3.32. The standard InChI is InChI=1S/C15H26N4O2S/c1-4-6-7-8-9-10-19-11-12(16-15(19)22-5-2)18(3)14(21)17-13(11)20/h11-12H,4-10H2,1-3H3,(H,17,20,21). The maximum atomic E-state index is 12.2. The van der Waals surface area contributed by atoms with Crippen molar-refractivity contribution < 1.29 is 9.59 Å². The van der Waals surface area contributed by atoms with E-state index in [-0.39, 0.29) is 24.1 Å². The first-order chi connectivity index (χ1) is 10.6. The number of imide groups is 1. The lowest BCUT2D eigenvalue weighted by Crippen LogP contribution is -2.63. The molecule has 3 amide bonds. The van der Waals surface area contributed by atoms with Crippen molar-refractivity contribution in [1.82, 2.24) is 15.1 Å². The second-order valence-electron chi connectivity index (χ2n) is 5.72. The summed E-state index contributed by atoms with van der Waals surface area (Å²) in [6.07, 6.45) is 5.55. The molecule has 0 saturated carbocycles. The van der Waals surface area contributed by atoms with Crippen molar-refractivity contribution in [2.75, 3.05) is 19.3 Å². The Morgan fingerprint density at radius 3 is 2.59 bits per heavy atom. The number of carbonyl (C=O) groups is 2. The van der Waals surface area contributed by atoms with Gasteiger partial charge >= 0.3 is 6.03 Å². The van der Waals surface area contributed by atoms with Crippen molar-refractivity contribution in [3.8, 4) is 0 Å². The summed E-state index contributed by atoms with van der Waals surface area (Å²) in [6.45, 7) is 5.10. The van der Waals surface area contributed by atoms with Crippen molar-refractivity contribution in [3.63, 3.8) is 0 Å². The number of thioether (sulfide) groups is 1. The van der Waals surface area contributed by atoms with E-state index in [0.29, 0.717) is 0 Å². The van der Waals surface area contributed by atoms with E-state index in [4.69, 9.17) is 0 Å². The number of urea groups is 1. The zero-order valence-corrected chi connectivity index (χ0v) is 14.5. The SMILES string of the molecule is CCCCCCCN1C(SCC)=NC2C1C(=O)NC(=O)N2C. The van der Waals surface area contributed by atoms with E-state index >= 15 is 0 Å². The number of aliphatic imine (C=N–C) groups is 1. The second kappa shape index (κ2) is 7.85. The normalized spacial score (nSPS) is 24.4. The first-order valence-corrected chi connectivity index (χ1v) is 9.13. The number of amidine groups is 1. The third kappa shape index (κ3) is 3.56. The van der Waals surface area contributed by atoms with Gasteiger partial charge in [-0.15, -0.1) is 0 Å². The highest BCUT2D eigenvalue weighted by molar-refractivity contribution is 8.13. The fourth-order valence-electron chi connectivity index (χ4n) is 2.87. The number of carbonyl (C=O) groups excluding carboxylic acids is 2. The van der Waals surface area contributed by atoms with Gasteiger partial charge in [-0.25, -0.2) is 9.79 Å². The molecule has 2 atom stereocenters. The number of likely N-dealkylation sites (N-methyl/N-ethyl adjacent to an activating group) is 1. The topological polar surface area (TPSA) is 65.0 Å². The van der Waals surface area contributed by atoms with Crippen LogP contribution in [-0.2, 0) is 4.79 Å². The molecule has 1 N–H and O–H groups in total. The van der Waals surface area contributed by atoms with E-state index in [0.717, 1.165) is 23.9 Å². The van der Waals surface area contributed by atoms with Gasteiger partial charge in [0.25, 0.3) is 5.91 Å². The van der Waals surface area contributed by atoms with Gasteiger partial charge in [0.05, 0.1) is 0 Å². The molecule has 0 aromatic carbocycles. The zero-order valence-electron chi connectivity index (χ0n) is 13.7. The van der Waals surface area contributed by atoms with Gasteiger partial charge in [0.1, 0.15) is 0 Å². The molecule has 7 heteroatoms. The molecule has 2 aliphatic heterocycles. The fraction of sp³-hybridized carbons (Fsp3) is 0.800. The molecular weight excluding hydrogens is 300 g/mol. The predicted octanol–water partition coefficient (Wildman–Crippen LogP) is 2.26. The molecule has 22 heavy (non-hydrogen) atoms. The highest BCUT2D eigenvalue weighted by Gasteiger charge is 2.48. The number of hydrogen-bond acceptors (Lipinski definition) is 5. The quantitative estimate of drug-likeness (QED) is 0.729. The van der Waals surface area contributed by atoms with Crippen LogP contribution in [0.3, 0.4) is 0 Å². The number of rotatable bonds is 7. The summed E-state index contributed by atoms with van der Waals surface area (Å²) in [7, 11) is 1.70. The van der Waals surface area contributed by atoms with Gasteiger partial charge in [-0.1, -0.05) is 51.3 Å². The van der Waals surface area contributed by atoms with E-state index in [1.54, 1.807) is 18.8 Å². The Hall–Kier alpha value is -1.24. The molecule has 2 unspecified atom stereocenters. The number of nitrogens with one attached hydrogen (secondary N) is 1. The summed E-state index contributed by atoms with van der Waals surface area (Å²) in [5.74, 6) is 0.682. The number of nitrogens with zero attached hydrogens (tertiary/aromatic N) is 3. The first-order valence-electron chi connectivity index (χ1n) is 8.15. The van der Waals surface area contributed by atoms with Crippen LogP contribution in [0.15, 0.2) is 4.99 Å². The third-order valence-electron chi connectivity index (χ3n) is 4.10. The first kappa shape index (κ1) is 17.1. The fourth-order valence-corrected chi connectivity index (χ4v) is 3.68. The Labute approximate surface area is 136 Å². The summed E-state index contributed by atoms with van der Waals surface area (Å²) < 4.78 is 0. The van der Waals surface area contributed by atoms with Crippen LogP contribution in [0.25, 0.3) is 0 Å². The van der Waals surface area contributed by atoms with Gasteiger partial charge < -0.3 is 9.80 Å². The van der Waals surface area contributed by atoms with Crippen molar-refractivity contribution in [3.05, 3.63) is 0 Å². The van der Waals surface area contributed by atoms with Crippen molar-refractivity contribution in [2.45, 2.75) is 58.2 Å². The van der Waals surface area contributed by atoms with Crippen LogP contribution in [0.4, 0.5) is 4.79 Å². The molecule has 2 rings (SSSR count). The van der Waals surface area contributed by atoms with Crippen LogP contribution >= 0.6 is 11.8 Å². The van der Waals surface area contributed by atoms with Crippen LogP contribution in [0.5, 0.6) is 0 Å². The van der Waals surface area contributed by atoms with Gasteiger partial charge in [-0.3, -0.25) is 10.1 Å². The molecule has 6 nitrogen and oxygen atoms in total. The maximum Gasteiger partial charge on any atom is 0.325 e. The van der Waals surface area contributed by atoms with Crippen LogP contribution in [0.2, 0.25) is 0 Å². The van der Waals surface area contributed by atoms with E-state index in [9.17, 15) is 9.59 Å². The molecule has 2 heterocycles. The average molecular weight is 326 g/mol. The Balaban J connectivity index is 2.04. The minimum absolute atomic E-state index is 0.225. The minimum Gasteiger partial charge on any atom is -0.336 e. The van der Waals surface area contributed by atoms with Crippen LogP contribution in [0, 0.1) is 0 Å². The molecular formula is C15H26N4O2S. The van der Waals surface area contributed by atoms with Crippen molar-refractivity contribution in [2.24, 2.45) is 4.99 Å². The Bertz CT molecular complexity index is 455. The smallest absolute Gasteiger partial charge is 0.325 e. The molecule has 124 valence electrons. The Morgan fingerprint density at radius 2 is 1.91 bits per heavy atom. The summed E-state index contributed by atoms with van der Waals surface area (Å²) in [4.78, 5) is 32.2. The Morgan fingerprint density at radius 1 is 1.18 bits per heavy atom. The third-order valence-corrected chi connectivity index (χ3v) is 4.99. The highest BCUT2D eigenvalue weighted by atomic mass is 32.2. The van der Waals surface area contributed by atoms with Crippen LogP contribution in [-0.4, -0.2) is 58.5 Å². The van der Waals surface area contributed by atoms with Crippen LogP contribution in [0.1, 0.15) is 46.0 Å². The highest BCUT2D eigenvalue weighted by Crippen LogP contribution is 2.28. The van der Waals surface area contributed by atoms with Gasteiger partial charge in [-0.05, 0) is 12.2 Å². The largest absolute Gasteiger partial charge is 0.336 e. The molecule has 0 aromatic rings. The zero-order chi connectivity index (χ0) is 16.1. The van der Waals surface area contributed by atoms with Crippen molar-refractivity contribution in [1.29, 1.82) is 0 Å². The van der Waals surface area contributed by atoms with E-state index in [1.165, 1.54) is 30.6 Å². The lowest BCUT2D eigenvalue weighted by molar-refractivity contribution is -0.127.